The number of rotatable bonds is 7. The summed E-state index contributed by atoms with van der Waals surface area (Å²) in [5.41, 5.74) is 6.59. The van der Waals surface area contributed by atoms with Crippen LogP contribution < -0.4 is 14.9 Å². The number of fused-ring (bicyclic) bond motifs is 1. The molecule has 1 heterocycles. The topological polar surface area (TPSA) is 92.8 Å². The van der Waals surface area contributed by atoms with Gasteiger partial charge in [0.15, 0.2) is 11.5 Å². The van der Waals surface area contributed by atoms with E-state index >= 15 is 0 Å². The SMILES string of the molecule is COc1cc(C=NNC(=O)c2[nH]c3ccc(Br)cc3c2-c2ccccc2)ccc1OC(=O)c1ccc(Br)cc1. The van der Waals surface area contributed by atoms with E-state index in [1.807, 2.05) is 48.5 Å². The number of aromatic nitrogens is 1. The Hall–Kier alpha value is -4.21. The van der Waals surface area contributed by atoms with Gasteiger partial charge in [0, 0.05) is 25.4 Å². The fourth-order valence-electron chi connectivity index (χ4n) is 4.05. The van der Waals surface area contributed by atoms with Crippen LogP contribution in [0.4, 0.5) is 0 Å². The number of H-pyrrole nitrogens is 1. The van der Waals surface area contributed by atoms with E-state index in [9.17, 15) is 9.59 Å². The highest BCUT2D eigenvalue weighted by Crippen LogP contribution is 2.34. The van der Waals surface area contributed by atoms with Crippen LogP contribution in [0.3, 0.4) is 0 Å². The smallest absolute Gasteiger partial charge is 0.343 e. The predicted octanol–water partition coefficient (Wildman–Crippen LogP) is 7.35. The summed E-state index contributed by atoms with van der Waals surface area (Å²) in [5, 5.41) is 5.06. The van der Waals surface area contributed by atoms with Gasteiger partial charge in [0.1, 0.15) is 5.69 Å². The molecule has 0 aliphatic rings. The third kappa shape index (κ3) is 5.94. The summed E-state index contributed by atoms with van der Waals surface area (Å²) in [6, 6.07) is 27.4. The third-order valence-electron chi connectivity index (χ3n) is 5.90. The molecule has 4 aromatic carbocycles. The van der Waals surface area contributed by atoms with Gasteiger partial charge in [0.05, 0.1) is 18.9 Å². The number of hydrazone groups is 1. The Labute approximate surface area is 241 Å². The molecule has 0 saturated heterocycles. The van der Waals surface area contributed by atoms with Crippen LogP contribution in [0.1, 0.15) is 26.4 Å². The molecule has 7 nitrogen and oxygen atoms in total. The van der Waals surface area contributed by atoms with Crippen molar-refractivity contribution >= 4 is 60.9 Å². The predicted molar refractivity (Wildman–Crippen MR) is 159 cm³/mol. The van der Waals surface area contributed by atoms with E-state index in [0.717, 1.165) is 31.0 Å². The van der Waals surface area contributed by atoms with Gasteiger partial charge in [-0.15, -0.1) is 0 Å². The van der Waals surface area contributed by atoms with Crippen molar-refractivity contribution in [3.05, 3.63) is 117 Å². The maximum atomic E-state index is 13.2. The number of nitrogens with one attached hydrogen (secondary N) is 2. The molecule has 39 heavy (non-hydrogen) atoms. The first-order valence-electron chi connectivity index (χ1n) is 11.8. The number of halogens is 2. The van der Waals surface area contributed by atoms with Crippen LogP contribution in [0.25, 0.3) is 22.0 Å². The maximum Gasteiger partial charge on any atom is 0.343 e. The van der Waals surface area contributed by atoms with Crippen molar-refractivity contribution in [1.29, 1.82) is 0 Å². The zero-order chi connectivity index (χ0) is 27.4. The van der Waals surface area contributed by atoms with Crippen LogP contribution in [0.2, 0.25) is 0 Å². The second kappa shape index (κ2) is 11.7. The summed E-state index contributed by atoms with van der Waals surface area (Å²) in [4.78, 5) is 28.9. The monoisotopic (exact) mass is 645 g/mol. The Morgan fingerprint density at radius 3 is 2.36 bits per heavy atom. The molecule has 1 amide bonds. The van der Waals surface area contributed by atoms with Crippen molar-refractivity contribution < 1.29 is 19.1 Å². The van der Waals surface area contributed by atoms with E-state index in [1.54, 1.807) is 42.5 Å². The summed E-state index contributed by atoms with van der Waals surface area (Å²) in [6.07, 6.45) is 1.49. The number of amides is 1. The van der Waals surface area contributed by atoms with E-state index < -0.39 is 5.97 Å². The molecule has 0 saturated carbocycles. The zero-order valence-corrected chi connectivity index (χ0v) is 23.7. The molecule has 0 radical (unpaired) electrons. The highest BCUT2D eigenvalue weighted by Gasteiger charge is 2.19. The van der Waals surface area contributed by atoms with Gasteiger partial charge < -0.3 is 14.5 Å². The second-order valence-corrected chi connectivity index (χ2v) is 10.3. The lowest BCUT2D eigenvalue weighted by molar-refractivity contribution is 0.0729. The number of ether oxygens (including phenoxy) is 2. The molecular formula is C30H21Br2N3O4. The average molecular weight is 647 g/mol. The third-order valence-corrected chi connectivity index (χ3v) is 6.92. The van der Waals surface area contributed by atoms with Crippen molar-refractivity contribution in [3.63, 3.8) is 0 Å². The summed E-state index contributed by atoms with van der Waals surface area (Å²) in [6.45, 7) is 0. The Morgan fingerprint density at radius 2 is 1.62 bits per heavy atom. The molecule has 0 fully saturated rings. The van der Waals surface area contributed by atoms with Crippen LogP contribution in [0.15, 0.2) is 105 Å². The zero-order valence-electron chi connectivity index (χ0n) is 20.6. The first-order valence-corrected chi connectivity index (χ1v) is 13.4. The Bertz CT molecular complexity index is 1700. The fourth-order valence-corrected chi connectivity index (χ4v) is 4.68. The molecular weight excluding hydrogens is 626 g/mol. The van der Waals surface area contributed by atoms with E-state index in [-0.39, 0.29) is 11.7 Å². The van der Waals surface area contributed by atoms with Gasteiger partial charge in [-0.25, -0.2) is 10.2 Å². The van der Waals surface area contributed by atoms with E-state index in [0.29, 0.717) is 22.6 Å². The van der Waals surface area contributed by atoms with Gasteiger partial charge >= 0.3 is 5.97 Å². The first kappa shape index (κ1) is 26.4. The lowest BCUT2D eigenvalue weighted by atomic mass is 10.0. The molecule has 0 unspecified atom stereocenters. The summed E-state index contributed by atoms with van der Waals surface area (Å²) in [5.74, 6) is -0.273. The van der Waals surface area contributed by atoms with Crippen molar-refractivity contribution in [2.75, 3.05) is 7.11 Å². The normalized spacial score (nSPS) is 11.1. The van der Waals surface area contributed by atoms with E-state index in [4.69, 9.17) is 9.47 Å². The van der Waals surface area contributed by atoms with Crippen molar-refractivity contribution in [2.24, 2.45) is 5.10 Å². The van der Waals surface area contributed by atoms with Crippen LogP contribution in [0.5, 0.6) is 11.5 Å². The number of aromatic amines is 1. The number of carbonyl (C=O) groups excluding carboxylic acids is 2. The highest BCUT2D eigenvalue weighted by molar-refractivity contribution is 9.10. The van der Waals surface area contributed by atoms with Gasteiger partial charge in [0.25, 0.3) is 5.91 Å². The molecule has 9 heteroatoms. The molecule has 2 N–H and O–H groups in total. The van der Waals surface area contributed by atoms with Gasteiger partial charge in [0.2, 0.25) is 0 Å². The minimum Gasteiger partial charge on any atom is -0.493 e. The van der Waals surface area contributed by atoms with Crippen molar-refractivity contribution in [1.82, 2.24) is 10.4 Å². The van der Waals surface area contributed by atoms with Crippen molar-refractivity contribution in [2.45, 2.75) is 0 Å². The fraction of sp³-hybridized carbons (Fsp3) is 0.0333. The first-order chi connectivity index (χ1) is 18.9. The molecule has 194 valence electrons. The Kier molecular flexibility index (Phi) is 7.90. The largest absolute Gasteiger partial charge is 0.493 e. The summed E-state index contributed by atoms with van der Waals surface area (Å²) >= 11 is 6.87. The van der Waals surface area contributed by atoms with E-state index in [2.05, 4.69) is 47.4 Å². The molecule has 1 aromatic heterocycles. The van der Waals surface area contributed by atoms with Gasteiger partial charge in [-0.05, 0) is 71.8 Å². The molecule has 5 aromatic rings. The minimum atomic E-state index is -0.505. The van der Waals surface area contributed by atoms with Crippen LogP contribution in [0, 0.1) is 0 Å². The highest BCUT2D eigenvalue weighted by atomic mass is 79.9. The Balaban J connectivity index is 1.34. The number of methoxy groups -OCH3 is 1. The van der Waals surface area contributed by atoms with Crippen LogP contribution >= 0.6 is 31.9 Å². The molecule has 0 atom stereocenters. The molecule has 0 aliphatic carbocycles. The summed E-state index contributed by atoms with van der Waals surface area (Å²) < 4.78 is 12.7. The summed E-state index contributed by atoms with van der Waals surface area (Å²) in [7, 11) is 1.48. The number of nitrogens with zero attached hydrogens (tertiary/aromatic N) is 1. The van der Waals surface area contributed by atoms with Gasteiger partial charge in [-0.2, -0.15) is 5.10 Å². The average Bonchev–Trinajstić information content (AvgIpc) is 3.33. The van der Waals surface area contributed by atoms with Gasteiger partial charge in [-0.1, -0.05) is 62.2 Å². The number of carbonyl (C=O) groups is 2. The lowest BCUT2D eigenvalue weighted by Crippen LogP contribution is -2.18. The lowest BCUT2D eigenvalue weighted by Gasteiger charge is -2.10. The second-order valence-electron chi connectivity index (χ2n) is 8.44. The van der Waals surface area contributed by atoms with Crippen LogP contribution in [-0.4, -0.2) is 30.2 Å². The van der Waals surface area contributed by atoms with Gasteiger partial charge in [-0.3, -0.25) is 4.79 Å². The number of hydrogen-bond donors (Lipinski definition) is 2. The quantitative estimate of drug-likeness (QED) is 0.0837. The Morgan fingerprint density at radius 1 is 0.872 bits per heavy atom. The molecule has 0 aliphatic heterocycles. The van der Waals surface area contributed by atoms with Crippen molar-refractivity contribution in [3.8, 4) is 22.6 Å². The van der Waals surface area contributed by atoms with E-state index in [1.165, 1.54) is 13.3 Å². The molecule has 0 bridgehead atoms. The number of benzene rings is 4. The maximum absolute atomic E-state index is 13.2. The standard InChI is InChI=1S/C30H21Br2N3O4/c1-38-26-15-18(7-14-25(26)39-30(37)20-8-10-21(31)11-9-20)17-33-35-29(36)28-27(19-5-3-2-4-6-19)23-16-22(32)12-13-24(23)34-28/h2-17,34H,1H3,(H,35,36). The number of hydrogen-bond acceptors (Lipinski definition) is 5. The van der Waals surface area contributed by atoms with Crippen LogP contribution in [-0.2, 0) is 0 Å². The molecule has 5 rings (SSSR count). The number of esters is 1. The molecule has 0 spiro atoms. The minimum absolute atomic E-state index is 0.267.